The molecule has 0 radical (unpaired) electrons. The van der Waals surface area contributed by atoms with Crippen LogP contribution in [0.5, 0.6) is 0 Å². The Labute approximate surface area is 206 Å². The minimum absolute atomic E-state index is 0. The molecule has 1 aliphatic heterocycles. The third-order valence-corrected chi connectivity index (χ3v) is 5.58. The molecule has 2 aromatic rings. The zero-order chi connectivity index (χ0) is 22.3. The molecular weight excluding hydrogens is 521 g/mol. The normalized spacial score (nSPS) is 18.3. The lowest BCUT2D eigenvalue weighted by atomic mass is 9.99. The summed E-state index contributed by atoms with van der Waals surface area (Å²) in [6.07, 6.45) is 4.92. The topological polar surface area (TPSA) is 104 Å². The first-order valence-electron chi connectivity index (χ1n) is 10.6. The zero-order valence-corrected chi connectivity index (χ0v) is 21.1. The van der Waals surface area contributed by atoms with E-state index >= 15 is 0 Å². The minimum atomic E-state index is -0.786. The third-order valence-electron chi connectivity index (χ3n) is 5.58. The number of rotatable bonds is 9. The summed E-state index contributed by atoms with van der Waals surface area (Å²) in [5.74, 6) is 0.515. The highest BCUT2D eigenvalue weighted by molar-refractivity contribution is 14.0. The van der Waals surface area contributed by atoms with Crippen LogP contribution in [0.2, 0.25) is 0 Å². The molecule has 0 aliphatic carbocycles. The number of hydrogen-bond donors (Lipinski definition) is 3. The van der Waals surface area contributed by atoms with Gasteiger partial charge in [0.1, 0.15) is 5.54 Å². The summed E-state index contributed by atoms with van der Waals surface area (Å²) >= 11 is 0. The van der Waals surface area contributed by atoms with Crippen LogP contribution in [0.25, 0.3) is 0 Å². The Balaban J connectivity index is 0.00000363. The van der Waals surface area contributed by atoms with Crippen LogP contribution in [-0.2, 0) is 17.9 Å². The highest BCUT2D eigenvalue weighted by Gasteiger charge is 2.45. The van der Waals surface area contributed by atoms with Crippen molar-refractivity contribution in [3.8, 4) is 0 Å². The van der Waals surface area contributed by atoms with Crippen molar-refractivity contribution in [1.29, 1.82) is 0 Å². The van der Waals surface area contributed by atoms with E-state index in [4.69, 9.17) is 0 Å². The van der Waals surface area contributed by atoms with Gasteiger partial charge in [-0.15, -0.1) is 24.0 Å². The second-order valence-corrected chi connectivity index (χ2v) is 7.75. The van der Waals surface area contributed by atoms with E-state index in [1.165, 1.54) is 16.0 Å². The van der Waals surface area contributed by atoms with E-state index in [1.54, 1.807) is 20.2 Å². The Morgan fingerprint density at radius 3 is 2.56 bits per heavy atom. The van der Waals surface area contributed by atoms with E-state index in [9.17, 15) is 9.59 Å². The monoisotopic (exact) mass is 553 g/mol. The molecule has 3 N–H and O–H groups in total. The third kappa shape index (κ3) is 6.21. The summed E-state index contributed by atoms with van der Waals surface area (Å²) in [6.45, 7) is 5.96. The van der Waals surface area contributed by atoms with Gasteiger partial charge in [0.05, 0.1) is 6.54 Å². The molecule has 1 fully saturated rings. The lowest BCUT2D eigenvalue weighted by molar-refractivity contribution is -0.130. The number of urea groups is 1. The largest absolute Gasteiger partial charge is 0.356 e. The van der Waals surface area contributed by atoms with Crippen LogP contribution < -0.4 is 16.0 Å². The molecule has 0 bridgehead atoms. The number of guanidine groups is 1. The van der Waals surface area contributed by atoms with Gasteiger partial charge in [-0.2, -0.15) is 5.10 Å². The zero-order valence-electron chi connectivity index (χ0n) is 18.8. The van der Waals surface area contributed by atoms with Crippen molar-refractivity contribution < 1.29 is 9.59 Å². The summed E-state index contributed by atoms with van der Waals surface area (Å²) in [5.41, 5.74) is 1.57. The highest BCUT2D eigenvalue weighted by atomic mass is 127. The van der Waals surface area contributed by atoms with Crippen molar-refractivity contribution in [2.75, 3.05) is 20.1 Å². The molecule has 1 saturated heterocycles. The molecule has 0 saturated carbocycles. The Kier molecular flexibility index (Phi) is 9.48. The van der Waals surface area contributed by atoms with Gasteiger partial charge in [0, 0.05) is 39.1 Å². The summed E-state index contributed by atoms with van der Waals surface area (Å²) in [5, 5.41) is 13.6. The number of benzene rings is 1. The van der Waals surface area contributed by atoms with Crippen molar-refractivity contribution in [3.05, 3.63) is 53.9 Å². The molecule has 2 heterocycles. The summed E-state index contributed by atoms with van der Waals surface area (Å²) < 4.78 is 1.89. The molecule has 1 aromatic carbocycles. The average molecular weight is 553 g/mol. The van der Waals surface area contributed by atoms with Gasteiger partial charge in [0.2, 0.25) is 0 Å². The number of aliphatic imine (C=N–C) groups is 1. The number of nitrogens with one attached hydrogen (secondary N) is 3. The van der Waals surface area contributed by atoms with Crippen LogP contribution in [0.1, 0.15) is 37.8 Å². The first kappa shape index (κ1) is 25.6. The highest BCUT2D eigenvalue weighted by Crippen LogP contribution is 2.20. The quantitative estimate of drug-likeness (QED) is 0.146. The van der Waals surface area contributed by atoms with E-state index < -0.39 is 5.54 Å². The molecule has 1 unspecified atom stereocenters. The van der Waals surface area contributed by atoms with E-state index in [2.05, 4.69) is 38.2 Å². The number of amides is 3. The fourth-order valence-electron chi connectivity index (χ4n) is 3.49. The number of aromatic nitrogens is 2. The summed E-state index contributed by atoms with van der Waals surface area (Å²) in [7, 11) is 1.72. The molecular formula is C22H32IN7O2. The first-order valence-corrected chi connectivity index (χ1v) is 10.6. The minimum Gasteiger partial charge on any atom is -0.356 e. The molecule has 1 atom stereocenters. The lowest BCUT2D eigenvalue weighted by Gasteiger charge is -2.19. The van der Waals surface area contributed by atoms with Gasteiger partial charge < -0.3 is 16.0 Å². The van der Waals surface area contributed by atoms with E-state index in [1.807, 2.05) is 36.0 Å². The second-order valence-electron chi connectivity index (χ2n) is 7.75. The molecule has 174 valence electrons. The number of hydrogen-bond acceptors (Lipinski definition) is 4. The Morgan fingerprint density at radius 2 is 1.94 bits per heavy atom. The molecule has 3 amide bonds. The molecule has 1 aliphatic rings. The van der Waals surface area contributed by atoms with Crippen molar-refractivity contribution in [2.45, 2.75) is 45.3 Å². The van der Waals surface area contributed by atoms with Crippen LogP contribution in [-0.4, -0.2) is 58.3 Å². The Hall–Kier alpha value is -2.63. The van der Waals surface area contributed by atoms with Gasteiger partial charge in [-0.3, -0.25) is 19.4 Å². The number of imide groups is 1. The van der Waals surface area contributed by atoms with Gasteiger partial charge in [0.25, 0.3) is 5.91 Å². The van der Waals surface area contributed by atoms with Crippen LogP contribution >= 0.6 is 24.0 Å². The maximum Gasteiger partial charge on any atom is 0.325 e. The van der Waals surface area contributed by atoms with Crippen LogP contribution in [0.15, 0.2) is 47.7 Å². The fraction of sp³-hybridized carbons (Fsp3) is 0.455. The van der Waals surface area contributed by atoms with Gasteiger partial charge in [-0.1, -0.05) is 31.2 Å². The van der Waals surface area contributed by atoms with Crippen LogP contribution in [0.3, 0.4) is 0 Å². The number of nitrogens with zero attached hydrogens (tertiary/aromatic N) is 4. The maximum atomic E-state index is 12.4. The molecule has 3 rings (SSSR count). The van der Waals surface area contributed by atoms with E-state index in [0.29, 0.717) is 45.0 Å². The van der Waals surface area contributed by atoms with E-state index in [0.717, 1.165) is 0 Å². The van der Waals surface area contributed by atoms with Gasteiger partial charge in [0.15, 0.2) is 5.96 Å². The predicted molar refractivity (Wildman–Crippen MR) is 135 cm³/mol. The van der Waals surface area contributed by atoms with E-state index in [-0.39, 0.29) is 35.9 Å². The van der Waals surface area contributed by atoms with Crippen molar-refractivity contribution in [1.82, 2.24) is 30.6 Å². The van der Waals surface area contributed by atoms with Crippen molar-refractivity contribution >= 4 is 41.9 Å². The Morgan fingerprint density at radius 1 is 1.19 bits per heavy atom. The maximum absolute atomic E-state index is 12.4. The molecule has 9 nitrogen and oxygen atoms in total. The van der Waals surface area contributed by atoms with Crippen LogP contribution in [0.4, 0.5) is 4.79 Å². The van der Waals surface area contributed by atoms with Crippen molar-refractivity contribution in [3.63, 3.8) is 0 Å². The van der Waals surface area contributed by atoms with Gasteiger partial charge in [-0.25, -0.2) is 4.79 Å². The molecule has 0 spiro atoms. The lowest BCUT2D eigenvalue weighted by Crippen LogP contribution is -2.43. The van der Waals surface area contributed by atoms with Crippen LogP contribution in [0, 0.1) is 0 Å². The number of carbonyl (C=O) groups is 2. The Bertz CT molecular complexity index is 932. The standard InChI is InChI=1S/C22H31N7O2.HI/c1-4-22(2)19(30)29(21(31)27-22)14-7-11-24-20(23-3)25-15-17-9-5-6-10-18(17)16-28-13-8-12-26-28;/h5-6,8-10,12-13H,4,7,11,14-16H2,1-3H3,(H,27,31)(H2,23,24,25);1H. The second kappa shape index (κ2) is 11.8. The first-order chi connectivity index (χ1) is 15.0. The smallest absolute Gasteiger partial charge is 0.325 e. The number of halogens is 1. The molecule has 1 aromatic heterocycles. The van der Waals surface area contributed by atoms with Gasteiger partial charge >= 0.3 is 6.03 Å². The summed E-state index contributed by atoms with van der Waals surface area (Å²) in [4.78, 5) is 30.1. The van der Waals surface area contributed by atoms with Gasteiger partial charge in [-0.05, 0) is 37.0 Å². The molecule has 10 heteroatoms. The predicted octanol–water partition coefficient (Wildman–Crippen LogP) is 2.33. The fourth-order valence-corrected chi connectivity index (χ4v) is 3.49. The number of carbonyl (C=O) groups excluding carboxylic acids is 2. The average Bonchev–Trinajstić information content (AvgIpc) is 3.36. The SMILES string of the molecule is CCC1(C)NC(=O)N(CCCNC(=NC)NCc2ccccc2Cn2cccn2)C1=O.I. The van der Waals surface area contributed by atoms with Crippen molar-refractivity contribution in [2.24, 2.45) is 4.99 Å². The summed E-state index contributed by atoms with van der Waals surface area (Å²) in [6, 6.07) is 9.81. The molecule has 32 heavy (non-hydrogen) atoms.